The molecule has 2 heterocycles. The number of piperazine rings is 1. The molecule has 2 aliphatic rings. The highest BCUT2D eigenvalue weighted by molar-refractivity contribution is 7.89. The summed E-state index contributed by atoms with van der Waals surface area (Å²) in [7, 11) is -3.36. The first-order valence-corrected chi connectivity index (χ1v) is 15.1. The van der Waals surface area contributed by atoms with Crippen LogP contribution in [0, 0.1) is 17.6 Å². The number of likely N-dealkylation sites (tertiary alicyclic amines) is 1. The van der Waals surface area contributed by atoms with Gasteiger partial charge in [-0.3, -0.25) is 10.1 Å². The average molecular weight is 545 g/mol. The maximum Gasteiger partial charge on any atom is 0.223 e. The number of nitrogens with zero attached hydrogens (tertiary/aromatic N) is 2. The van der Waals surface area contributed by atoms with Crippen molar-refractivity contribution in [3.8, 4) is 0 Å². The molecule has 0 saturated carbocycles. The first-order valence-electron chi connectivity index (χ1n) is 13.5. The lowest BCUT2D eigenvalue weighted by molar-refractivity contribution is -0.127. The lowest BCUT2D eigenvalue weighted by Gasteiger charge is -2.36. The summed E-state index contributed by atoms with van der Waals surface area (Å²) in [5, 5.41) is 17.6. The van der Waals surface area contributed by atoms with Crippen LogP contribution in [0.1, 0.15) is 57.9 Å². The van der Waals surface area contributed by atoms with Gasteiger partial charge < -0.3 is 15.3 Å². The van der Waals surface area contributed by atoms with E-state index in [2.05, 4.69) is 17.6 Å². The van der Waals surface area contributed by atoms with Crippen molar-refractivity contribution in [2.45, 2.75) is 77.1 Å². The van der Waals surface area contributed by atoms with Crippen molar-refractivity contribution in [1.29, 1.82) is 0 Å². The van der Waals surface area contributed by atoms with Crippen LogP contribution in [0.4, 0.5) is 8.78 Å². The lowest BCUT2D eigenvalue weighted by Crippen LogP contribution is -2.56. The number of halogens is 2. The standard InChI is InChI=1S/C26H42F2N4O4S/c1-3-5-8-31-17-20(14-25(31)33)26(34)30-23(13-19-11-21(27)15-22(28)12-19)16-24-18-32(9-7-29-24)37(35,36)10-6-4-2/h11-12,15,20,23-24,26,29-30,34H,3-10,13-14,16-18H2,1-2H3/t20?,23?,24-,26?/m0/s1. The number of rotatable bonds is 14. The van der Waals surface area contributed by atoms with E-state index in [-0.39, 0.29) is 36.5 Å². The second-order valence-corrected chi connectivity index (χ2v) is 12.5. The number of amides is 1. The zero-order valence-corrected chi connectivity index (χ0v) is 22.8. The van der Waals surface area contributed by atoms with Crippen LogP contribution in [0.2, 0.25) is 0 Å². The van der Waals surface area contributed by atoms with Crippen molar-refractivity contribution in [3.63, 3.8) is 0 Å². The second-order valence-electron chi connectivity index (χ2n) is 10.4. The van der Waals surface area contributed by atoms with Gasteiger partial charge in [-0.25, -0.2) is 17.2 Å². The third kappa shape index (κ3) is 8.95. The number of aliphatic hydroxyl groups is 1. The Morgan fingerprint density at radius 1 is 1.14 bits per heavy atom. The Labute approximate surface area is 219 Å². The van der Waals surface area contributed by atoms with E-state index in [1.165, 1.54) is 16.4 Å². The number of carbonyl (C=O) groups excluding carboxylic acids is 1. The maximum atomic E-state index is 13.9. The molecule has 0 radical (unpaired) electrons. The number of sulfonamides is 1. The number of aliphatic hydroxyl groups excluding tert-OH is 1. The monoisotopic (exact) mass is 544 g/mol. The van der Waals surface area contributed by atoms with Crippen molar-refractivity contribution < 1.29 is 27.1 Å². The van der Waals surface area contributed by atoms with E-state index >= 15 is 0 Å². The Kier molecular flexibility index (Phi) is 11.3. The van der Waals surface area contributed by atoms with Crippen LogP contribution in [-0.4, -0.2) is 85.4 Å². The van der Waals surface area contributed by atoms with Crippen LogP contribution in [0.15, 0.2) is 18.2 Å². The minimum Gasteiger partial charge on any atom is -0.378 e. The molecule has 11 heteroatoms. The molecule has 2 fully saturated rings. The van der Waals surface area contributed by atoms with Crippen LogP contribution in [0.3, 0.4) is 0 Å². The highest BCUT2D eigenvalue weighted by Gasteiger charge is 2.36. The molecule has 0 aromatic heterocycles. The summed E-state index contributed by atoms with van der Waals surface area (Å²) in [6.07, 6.45) is 3.22. The third-order valence-corrected chi connectivity index (χ3v) is 9.14. The summed E-state index contributed by atoms with van der Waals surface area (Å²) >= 11 is 0. The van der Waals surface area contributed by atoms with Gasteiger partial charge in [0.05, 0.1) is 5.75 Å². The summed E-state index contributed by atoms with van der Waals surface area (Å²) in [6, 6.07) is 2.76. The largest absolute Gasteiger partial charge is 0.378 e. The molecule has 3 unspecified atom stereocenters. The van der Waals surface area contributed by atoms with Gasteiger partial charge in [0.15, 0.2) is 0 Å². The smallest absolute Gasteiger partial charge is 0.223 e. The van der Waals surface area contributed by atoms with E-state index in [4.69, 9.17) is 0 Å². The number of unbranched alkanes of at least 4 members (excludes halogenated alkanes) is 2. The molecular weight excluding hydrogens is 502 g/mol. The second kappa shape index (κ2) is 13.9. The first kappa shape index (κ1) is 29.9. The molecule has 1 aromatic carbocycles. The van der Waals surface area contributed by atoms with Gasteiger partial charge >= 0.3 is 0 Å². The van der Waals surface area contributed by atoms with E-state index in [9.17, 15) is 27.1 Å². The zero-order chi connectivity index (χ0) is 27.0. The summed E-state index contributed by atoms with van der Waals surface area (Å²) in [5.74, 6) is -1.51. The molecule has 4 atom stereocenters. The fourth-order valence-corrected chi connectivity index (χ4v) is 6.87. The van der Waals surface area contributed by atoms with Gasteiger partial charge in [0.2, 0.25) is 15.9 Å². The quantitative estimate of drug-likeness (QED) is 0.311. The van der Waals surface area contributed by atoms with Gasteiger partial charge in [-0.05, 0) is 43.4 Å². The highest BCUT2D eigenvalue weighted by Crippen LogP contribution is 2.23. The molecule has 2 saturated heterocycles. The van der Waals surface area contributed by atoms with E-state index in [0.29, 0.717) is 51.1 Å². The van der Waals surface area contributed by atoms with E-state index < -0.39 is 33.9 Å². The summed E-state index contributed by atoms with van der Waals surface area (Å²) in [5.41, 5.74) is 0.442. The fraction of sp³-hybridized carbons (Fsp3) is 0.731. The Morgan fingerprint density at radius 3 is 2.51 bits per heavy atom. The van der Waals surface area contributed by atoms with Crippen molar-refractivity contribution >= 4 is 15.9 Å². The van der Waals surface area contributed by atoms with Gasteiger partial charge in [0.25, 0.3) is 0 Å². The molecular formula is C26H42F2N4O4S. The molecule has 37 heavy (non-hydrogen) atoms. The molecule has 3 N–H and O–H groups in total. The fourth-order valence-electron chi connectivity index (χ4n) is 5.19. The number of nitrogens with one attached hydrogen (secondary N) is 2. The summed E-state index contributed by atoms with van der Waals surface area (Å²) in [4.78, 5) is 14.2. The topological polar surface area (TPSA) is 102 Å². The van der Waals surface area contributed by atoms with Crippen molar-refractivity contribution in [3.05, 3.63) is 35.4 Å². The Morgan fingerprint density at radius 2 is 1.84 bits per heavy atom. The number of benzene rings is 1. The van der Waals surface area contributed by atoms with Crippen LogP contribution in [0.5, 0.6) is 0 Å². The van der Waals surface area contributed by atoms with E-state index in [1.807, 2.05) is 6.92 Å². The number of hydrogen-bond donors (Lipinski definition) is 3. The van der Waals surface area contributed by atoms with Gasteiger partial charge in [0.1, 0.15) is 17.9 Å². The van der Waals surface area contributed by atoms with Gasteiger partial charge in [-0.15, -0.1) is 0 Å². The molecule has 0 aliphatic carbocycles. The number of carbonyl (C=O) groups is 1. The van der Waals surface area contributed by atoms with Crippen molar-refractivity contribution in [2.75, 3.05) is 38.5 Å². The molecule has 1 aromatic rings. The number of hydrogen-bond acceptors (Lipinski definition) is 6. The molecule has 1 amide bonds. The van der Waals surface area contributed by atoms with Crippen LogP contribution < -0.4 is 10.6 Å². The molecule has 2 aliphatic heterocycles. The maximum absolute atomic E-state index is 13.9. The molecule has 0 spiro atoms. The van der Waals surface area contributed by atoms with Crippen LogP contribution in [-0.2, 0) is 21.2 Å². The first-order chi connectivity index (χ1) is 17.6. The van der Waals surface area contributed by atoms with Crippen LogP contribution in [0.25, 0.3) is 0 Å². The predicted molar refractivity (Wildman–Crippen MR) is 139 cm³/mol. The lowest BCUT2D eigenvalue weighted by atomic mass is 9.96. The zero-order valence-electron chi connectivity index (χ0n) is 22.0. The Bertz CT molecular complexity index is 977. The summed E-state index contributed by atoms with van der Waals surface area (Å²) in [6.45, 7) is 6.33. The Balaban J connectivity index is 1.70. The minimum atomic E-state index is -3.36. The normalized spacial score (nSPS) is 22.9. The van der Waals surface area contributed by atoms with Crippen molar-refractivity contribution in [2.24, 2.45) is 5.92 Å². The molecule has 210 valence electrons. The minimum absolute atomic E-state index is 0.0185. The van der Waals surface area contributed by atoms with Gasteiger partial charge in [-0.2, -0.15) is 4.31 Å². The Hall–Kier alpha value is -1.66. The third-order valence-electron chi connectivity index (χ3n) is 7.22. The molecule has 0 bridgehead atoms. The van der Waals surface area contributed by atoms with Gasteiger partial charge in [-0.1, -0.05) is 26.7 Å². The van der Waals surface area contributed by atoms with E-state index in [1.54, 1.807) is 4.90 Å². The summed E-state index contributed by atoms with van der Waals surface area (Å²) < 4.78 is 54.8. The predicted octanol–water partition coefficient (Wildman–Crippen LogP) is 2.23. The highest BCUT2D eigenvalue weighted by atomic mass is 32.2. The molecule has 3 rings (SSSR count). The molecule has 8 nitrogen and oxygen atoms in total. The van der Waals surface area contributed by atoms with E-state index in [0.717, 1.165) is 25.3 Å². The average Bonchev–Trinajstić information content (AvgIpc) is 3.21. The van der Waals surface area contributed by atoms with Crippen LogP contribution >= 0.6 is 0 Å². The van der Waals surface area contributed by atoms with Gasteiger partial charge in [0, 0.05) is 63.2 Å². The SMILES string of the molecule is CCCCN1CC(C(O)NC(Cc2cc(F)cc(F)c2)C[C@H]2CN(S(=O)(=O)CCCC)CCN2)CC1=O. The van der Waals surface area contributed by atoms with Crippen molar-refractivity contribution in [1.82, 2.24) is 19.8 Å².